The van der Waals surface area contributed by atoms with E-state index in [4.69, 9.17) is 33.7 Å². The summed E-state index contributed by atoms with van der Waals surface area (Å²) in [7, 11) is 2.07. The first kappa shape index (κ1) is 22.4. The molecule has 1 saturated heterocycles. The van der Waals surface area contributed by atoms with Crippen LogP contribution < -0.4 is 10.5 Å². The first-order valence-electron chi connectivity index (χ1n) is 10.3. The van der Waals surface area contributed by atoms with Gasteiger partial charge in [0.15, 0.2) is 11.6 Å². The van der Waals surface area contributed by atoms with E-state index < -0.39 is 0 Å². The second-order valence-corrected chi connectivity index (χ2v) is 8.65. The largest absolute Gasteiger partial charge is 0.485 e. The molecule has 0 radical (unpaired) electrons. The summed E-state index contributed by atoms with van der Waals surface area (Å²) >= 11 is 12.2. The molecule has 1 aliphatic heterocycles. The van der Waals surface area contributed by atoms with Gasteiger partial charge in [0, 0.05) is 59.1 Å². The van der Waals surface area contributed by atoms with Gasteiger partial charge in [-0.2, -0.15) is 0 Å². The summed E-state index contributed by atoms with van der Waals surface area (Å²) in [5, 5.41) is 1.09. The predicted octanol–water partition coefficient (Wildman–Crippen LogP) is 4.60. The van der Waals surface area contributed by atoms with Crippen molar-refractivity contribution in [2.75, 3.05) is 39.0 Å². The molecule has 1 fully saturated rings. The van der Waals surface area contributed by atoms with Crippen LogP contribution in [0.25, 0.3) is 11.1 Å². The van der Waals surface area contributed by atoms with Crippen molar-refractivity contribution in [1.29, 1.82) is 0 Å². The zero-order chi connectivity index (χ0) is 22.7. The molecular formula is C24H24Cl2N4O2. The lowest BCUT2D eigenvalue weighted by atomic mass is 10.0. The number of nitrogens with zero attached hydrogens (tertiary/aromatic N) is 3. The molecule has 8 heteroatoms. The van der Waals surface area contributed by atoms with Gasteiger partial charge < -0.3 is 20.3 Å². The molecule has 0 unspecified atom stereocenters. The van der Waals surface area contributed by atoms with Crippen LogP contribution in [0.3, 0.4) is 0 Å². The summed E-state index contributed by atoms with van der Waals surface area (Å²) in [6, 6.07) is 14.6. The standard InChI is InChI=1S/C24H24Cl2N4O2/c1-29-8-10-30(11-9-29)24(31)17-4-2-16(3-5-17)19-12-22(23(27)28-14-19)32-15-18-6-7-20(25)13-21(18)26/h2-7,12-14H,8-11,15H2,1H3,(H2,27,28). The quantitative estimate of drug-likeness (QED) is 0.589. The molecule has 3 aromatic rings. The Morgan fingerprint density at radius 1 is 1.03 bits per heavy atom. The number of carbonyl (C=O) groups is 1. The molecule has 0 aliphatic carbocycles. The predicted molar refractivity (Wildman–Crippen MR) is 128 cm³/mol. The van der Waals surface area contributed by atoms with Gasteiger partial charge in [-0.05, 0) is 42.9 Å². The molecule has 0 saturated carbocycles. The molecule has 0 atom stereocenters. The fourth-order valence-electron chi connectivity index (χ4n) is 3.52. The number of rotatable bonds is 5. The van der Waals surface area contributed by atoms with Gasteiger partial charge in [-0.3, -0.25) is 4.79 Å². The van der Waals surface area contributed by atoms with Crippen LogP contribution in [0.4, 0.5) is 5.82 Å². The highest BCUT2D eigenvalue weighted by Crippen LogP contribution is 2.29. The van der Waals surface area contributed by atoms with Crippen LogP contribution in [0, 0.1) is 0 Å². The first-order chi connectivity index (χ1) is 15.4. The van der Waals surface area contributed by atoms with Crippen LogP contribution in [0.2, 0.25) is 10.0 Å². The number of aromatic nitrogens is 1. The van der Waals surface area contributed by atoms with Crippen LogP contribution in [0.5, 0.6) is 5.75 Å². The van der Waals surface area contributed by atoms with Crippen molar-refractivity contribution < 1.29 is 9.53 Å². The maximum atomic E-state index is 12.8. The second kappa shape index (κ2) is 9.77. The minimum Gasteiger partial charge on any atom is -0.485 e. The Hall–Kier alpha value is -2.80. The fourth-order valence-corrected chi connectivity index (χ4v) is 3.98. The number of ether oxygens (including phenoxy) is 1. The normalized spacial score (nSPS) is 14.4. The van der Waals surface area contributed by atoms with Gasteiger partial charge in [0.1, 0.15) is 6.61 Å². The molecular weight excluding hydrogens is 447 g/mol. The molecule has 2 N–H and O–H groups in total. The van der Waals surface area contributed by atoms with E-state index in [0.717, 1.165) is 42.9 Å². The van der Waals surface area contributed by atoms with E-state index in [2.05, 4.69) is 16.9 Å². The Morgan fingerprint density at radius 3 is 2.44 bits per heavy atom. The fraction of sp³-hybridized carbons (Fsp3) is 0.250. The SMILES string of the molecule is CN1CCN(C(=O)c2ccc(-c3cnc(N)c(OCc4ccc(Cl)cc4Cl)c3)cc2)CC1. The van der Waals surface area contributed by atoms with Crippen LogP contribution in [0.1, 0.15) is 15.9 Å². The average Bonchev–Trinajstić information content (AvgIpc) is 2.80. The maximum absolute atomic E-state index is 12.8. The average molecular weight is 471 g/mol. The number of benzene rings is 2. The molecule has 32 heavy (non-hydrogen) atoms. The van der Waals surface area contributed by atoms with Gasteiger partial charge >= 0.3 is 0 Å². The van der Waals surface area contributed by atoms with Crippen molar-refractivity contribution in [2.45, 2.75) is 6.61 Å². The van der Waals surface area contributed by atoms with E-state index in [-0.39, 0.29) is 12.5 Å². The molecule has 6 nitrogen and oxygen atoms in total. The first-order valence-corrected chi connectivity index (χ1v) is 11.1. The molecule has 1 aromatic heterocycles. The maximum Gasteiger partial charge on any atom is 0.253 e. The molecule has 4 rings (SSSR count). The number of amides is 1. The number of hydrogen-bond acceptors (Lipinski definition) is 5. The van der Waals surface area contributed by atoms with E-state index in [9.17, 15) is 4.79 Å². The minimum absolute atomic E-state index is 0.0592. The van der Waals surface area contributed by atoms with Crippen LogP contribution in [-0.4, -0.2) is 53.9 Å². The number of piperazine rings is 1. The van der Waals surface area contributed by atoms with E-state index in [1.54, 1.807) is 18.3 Å². The monoisotopic (exact) mass is 470 g/mol. The summed E-state index contributed by atoms with van der Waals surface area (Å²) in [5.74, 6) is 0.816. The number of halogens is 2. The van der Waals surface area contributed by atoms with Gasteiger partial charge in [0.25, 0.3) is 5.91 Å². The lowest BCUT2D eigenvalue weighted by molar-refractivity contribution is 0.0664. The van der Waals surface area contributed by atoms with Crippen molar-refractivity contribution >= 4 is 34.9 Å². The zero-order valence-electron chi connectivity index (χ0n) is 17.7. The van der Waals surface area contributed by atoms with Gasteiger partial charge in [-0.1, -0.05) is 41.4 Å². The number of hydrogen-bond donors (Lipinski definition) is 1. The number of carbonyl (C=O) groups excluding carboxylic acids is 1. The lowest BCUT2D eigenvalue weighted by Crippen LogP contribution is -2.47. The third kappa shape index (κ3) is 5.15. The molecule has 1 amide bonds. The molecule has 2 aromatic carbocycles. The smallest absolute Gasteiger partial charge is 0.253 e. The number of likely N-dealkylation sites (N-methyl/N-ethyl adjacent to an activating group) is 1. The van der Waals surface area contributed by atoms with Crippen molar-refractivity contribution in [3.05, 3.63) is 75.9 Å². The van der Waals surface area contributed by atoms with E-state index in [1.807, 2.05) is 41.3 Å². The summed E-state index contributed by atoms with van der Waals surface area (Å²) in [5.41, 5.74) is 9.24. The summed E-state index contributed by atoms with van der Waals surface area (Å²) in [6.07, 6.45) is 1.69. The number of nitrogens with two attached hydrogens (primary N) is 1. The lowest BCUT2D eigenvalue weighted by Gasteiger charge is -2.32. The van der Waals surface area contributed by atoms with E-state index in [1.165, 1.54) is 0 Å². The molecule has 1 aliphatic rings. The Kier molecular flexibility index (Phi) is 6.84. The molecule has 0 bridgehead atoms. The highest BCUT2D eigenvalue weighted by molar-refractivity contribution is 6.35. The van der Waals surface area contributed by atoms with Crippen molar-refractivity contribution in [3.8, 4) is 16.9 Å². The second-order valence-electron chi connectivity index (χ2n) is 7.80. The van der Waals surface area contributed by atoms with E-state index in [0.29, 0.717) is 27.2 Å². The summed E-state index contributed by atoms with van der Waals surface area (Å²) < 4.78 is 5.88. The van der Waals surface area contributed by atoms with Crippen molar-refractivity contribution in [1.82, 2.24) is 14.8 Å². The third-order valence-corrected chi connectivity index (χ3v) is 6.12. The summed E-state index contributed by atoms with van der Waals surface area (Å²) in [6.45, 7) is 3.52. The van der Waals surface area contributed by atoms with Crippen molar-refractivity contribution in [2.24, 2.45) is 0 Å². The summed E-state index contributed by atoms with van der Waals surface area (Å²) in [4.78, 5) is 21.1. The van der Waals surface area contributed by atoms with Crippen LogP contribution >= 0.6 is 23.2 Å². The van der Waals surface area contributed by atoms with Crippen molar-refractivity contribution in [3.63, 3.8) is 0 Å². The Morgan fingerprint density at radius 2 is 1.75 bits per heavy atom. The third-order valence-electron chi connectivity index (χ3n) is 5.54. The van der Waals surface area contributed by atoms with Crippen LogP contribution in [-0.2, 0) is 6.61 Å². The Bertz CT molecular complexity index is 1110. The number of nitrogen functional groups attached to an aromatic ring is 1. The van der Waals surface area contributed by atoms with Gasteiger partial charge in [-0.15, -0.1) is 0 Å². The van der Waals surface area contributed by atoms with Gasteiger partial charge in [0.2, 0.25) is 0 Å². The minimum atomic E-state index is 0.0592. The van der Waals surface area contributed by atoms with E-state index >= 15 is 0 Å². The Balaban J connectivity index is 1.47. The Labute approximate surface area is 197 Å². The highest BCUT2D eigenvalue weighted by Gasteiger charge is 2.20. The van der Waals surface area contributed by atoms with Crippen LogP contribution in [0.15, 0.2) is 54.7 Å². The topological polar surface area (TPSA) is 71.7 Å². The van der Waals surface area contributed by atoms with Gasteiger partial charge in [0.05, 0.1) is 0 Å². The molecule has 0 spiro atoms. The molecule has 2 heterocycles. The van der Waals surface area contributed by atoms with Gasteiger partial charge in [-0.25, -0.2) is 4.98 Å². The highest BCUT2D eigenvalue weighted by atomic mass is 35.5. The number of pyridine rings is 1. The molecule has 166 valence electrons. The number of anilines is 1. The zero-order valence-corrected chi connectivity index (χ0v) is 19.2.